The number of methoxy groups -OCH3 is 2. The van der Waals surface area contributed by atoms with Crippen molar-refractivity contribution in [1.82, 2.24) is 9.88 Å². The fraction of sp³-hybridized carbons (Fsp3) is 0.286. The van der Waals surface area contributed by atoms with Gasteiger partial charge >= 0.3 is 0 Å². The van der Waals surface area contributed by atoms with Gasteiger partial charge in [0, 0.05) is 52.9 Å². The van der Waals surface area contributed by atoms with E-state index >= 15 is 0 Å². The van der Waals surface area contributed by atoms with Crippen molar-refractivity contribution in [3.63, 3.8) is 0 Å². The minimum absolute atomic E-state index is 0.482. The Balaban J connectivity index is 1.72. The van der Waals surface area contributed by atoms with Crippen molar-refractivity contribution in [2.75, 3.05) is 20.8 Å². The van der Waals surface area contributed by atoms with Gasteiger partial charge in [-0.05, 0) is 24.3 Å². The van der Waals surface area contributed by atoms with Crippen molar-refractivity contribution in [2.24, 2.45) is 0 Å². The molecule has 140 valence electrons. The Bertz CT molecular complexity index is 993. The van der Waals surface area contributed by atoms with Gasteiger partial charge in [-0.3, -0.25) is 9.88 Å². The Morgan fingerprint density at radius 1 is 1.15 bits per heavy atom. The van der Waals surface area contributed by atoms with Crippen molar-refractivity contribution in [3.05, 3.63) is 64.3 Å². The van der Waals surface area contributed by atoms with Crippen LogP contribution in [0.4, 0.5) is 0 Å². The zero-order valence-corrected chi connectivity index (χ0v) is 16.0. The van der Waals surface area contributed by atoms with Crippen LogP contribution >= 0.6 is 11.6 Å². The van der Waals surface area contributed by atoms with Crippen LogP contribution in [0.3, 0.4) is 0 Å². The van der Waals surface area contributed by atoms with Crippen LogP contribution in [0.25, 0.3) is 10.9 Å². The number of β-amino-alcohol motifs (C(OH)–C–C–N with tert-alkyl or cyclic N) is 1. The summed E-state index contributed by atoms with van der Waals surface area (Å²) in [4.78, 5) is 6.67. The number of ether oxygens (including phenoxy) is 2. The van der Waals surface area contributed by atoms with Crippen LogP contribution in [0, 0.1) is 0 Å². The van der Waals surface area contributed by atoms with Crippen molar-refractivity contribution < 1.29 is 14.6 Å². The molecular formula is C21H21ClN2O3. The van der Waals surface area contributed by atoms with E-state index in [-0.39, 0.29) is 0 Å². The summed E-state index contributed by atoms with van der Waals surface area (Å²) in [6.45, 7) is 1.70. The van der Waals surface area contributed by atoms with Gasteiger partial charge in [-0.25, -0.2) is 0 Å². The maximum Gasteiger partial charge on any atom is 0.125 e. The zero-order chi connectivity index (χ0) is 19.0. The van der Waals surface area contributed by atoms with E-state index in [2.05, 4.69) is 9.88 Å². The van der Waals surface area contributed by atoms with Gasteiger partial charge < -0.3 is 14.6 Å². The first-order valence-corrected chi connectivity index (χ1v) is 9.16. The molecule has 5 nitrogen and oxygen atoms in total. The molecule has 0 amide bonds. The van der Waals surface area contributed by atoms with E-state index < -0.39 is 6.10 Å². The van der Waals surface area contributed by atoms with Crippen molar-refractivity contribution >= 4 is 22.5 Å². The molecule has 0 spiro atoms. The molecule has 0 bridgehead atoms. The molecule has 1 N–H and O–H groups in total. The van der Waals surface area contributed by atoms with Gasteiger partial charge in [-0.15, -0.1) is 0 Å². The molecule has 4 rings (SSSR count). The molecule has 0 saturated heterocycles. The molecule has 0 aliphatic carbocycles. The van der Waals surface area contributed by atoms with Gasteiger partial charge in [0.1, 0.15) is 11.5 Å². The third kappa shape index (κ3) is 3.23. The van der Waals surface area contributed by atoms with E-state index in [9.17, 15) is 5.11 Å². The number of pyridine rings is 1. The lowest BCUT2D eigenvalue weighted by Gasteiger charge is -2.34. The topological polar surface area (TPSA) is 54.8 Å². The molecule has 27 heavy (non-hydrogen) atoms. The predicted molar refractivity (Wildman–Crippen MR) is 105 cm³/mol. The van der Waals surface area contributed by atoms with Gasteiger partial charge in [0.25, 0.3) is 0 Å². The van der Waals surface area contributed by atoms with E-state index in [0.29, 0.717) is 30.4 Å². The Kier molecular flexibility index (Phi) is 4.91. The highest BCUT2D eigenvalue weighted by Crippen LogP contribution is 2.40. The molecule has 0 fully saturated rings. The van der Waals surface area contributed by atoms with Crippen LogP contribution in [-0.2, 0) is 13.1 Å². The largest absolute Gasteiger partial charge is 0.496 e. The van der Waals surface area contributed by atoms with Crippen LogP contribution in [-0.4, -0.2) is 35.8 Å². The van der Waals surface area contributed by atoms with Crippen molar-refractivity contribution in [1.29, 1.82) is 0 Å². The van der Waals surface area contributed by atoms with E-state index in [0.717, 1.165) is 33.3 Å². The molecule has 1 aromatic heterocycles. The number of rotatable bonds is 4. The Morgan fingerprint density at radius 3 is 2.70 bits per heavy atom. The number of hydrogen-bond donors (Lipinski definition) is 1. The van der Waals surface area contributed by atoms with E-state index in [1.54, 1.807) is 20.4 Å². The number of halogens is 1. The lowest BCUT2D eigenvalue weighted by Crippen LogP contribution is -2.34. The summed E-state index contributed by atoms with van der Waals surface area (Å²) in [6, 6.07) is 11.5. The fourth-order valence-electron chi connectivity index (χ4n) is 3.82. The smallest absolute Gasteiger partial charge is 0.125 e. The summed E-state index contributed by atoms with van der Waals surface area (Å²) in [5, 5.41) is 12.5. The first-order chi connectivity index (χ1) is 13.1. The van der Waals surface area contributed by atoms with E-state index in [4.69, 9.17) is 21.1 Å². The van der Waals surface area contributed by atoms with Gasteiger partial charge in [0.05, 0.1) is 25.8 Å². The molecular weight excluding hydrogens is 364 g/mol. The number of benzene rings is 2. The minimum atomic E-state index is -0.666. The first kappa shape index (κ1) is 18.0. The van der Waals surface area contributed by atoms with Crippen molar-refractivity contribution in [2.45, 2.75) is 19.2 Å². The molecule has 0 saturated carbocycles. The third-order valence-electron chi connectivity index (χ3n) is 5.06. The first-order valence-electron chi connectivity index (χ1n) is 8.78. The quantitative estimate of drug-likeness (QED) is 0.738. The van der Waals surface area contributed by atoms with Crippen molar-refractivity contribution in [3.8, 4) is 11.5 Å². The number of aliphatic hydroxyl groups excluding tert-OH is 1. The van der Waals surface area contributed by atoms with E-state index in [1.807, 2.05) is 36.4 Å². The highest BCUT2D eigenvalue weighted by Gasteiger charge is 2.30. The monoisotopic (exact) mass is 384 g/mol. The number of fused-ring (bicyclic) bond motifs is 2. The highest BCUT2D eigenvalue weighted by molar-refractivity contribution is 6.32. The summed E-state index contributed by atoms with van der Waals surface area (Å²) in [5.41, 5.74) is 3.60. The maximum absolute atomic E-state index is 10.8. The van der Waals surface area contributed by atoms with Crippen LogP contribution in [0.5, 0.6) is 11.5 Å². The molecule has 2 aromatic carbocycles. The van der Waals surface area contributed by atoms with Crippen LogP contribution in [0.15, 0.2) is 42.6 Å². The minimum Gasteiger partial charge on any atom is -0.496 e. The molecule has 0 unspecified atom stereocenters. The van der Waals surface area contributed by atoms with Gasteiger partial charge in [0.15, 0.2) is 0 Å². The van der Waals surface area contributed by atoms with Gasteiger partial charge in [-0.2, -0.15) is 0 Å². The second-order valence-corrected chi connectivity index (χ2v) is 7.06. The van der Waals surface area contributed by atoms with Gasteiger partial charge in [0.2, 0.25) is 0 Å². The average molecular weight is 385 g/mol. The summed E-state index contributed by atoms with van der Waals surface area (Å²) >= 11 is 6.49. The van der Waals surface area contributed by atoms with Crippen LogP contribution in [0.2, 0.25) is 5.02 Å². The molecule has 3 aromatic rings. The standard InChI is InChI=1S/C21H21ClN2O3/c1-26-18-7-8-19(27-2)20-15(18)11-24(12-17(20)25)10-14-16(22)6-5-13-4-3-9-23-21(13)14/h3-9,17,25H,10-12H2,1-2H3/t17-/m0/s1. The second kappa shape index (κ2) is 7.35. The molecule has 1 atom stereocenters. The number of hydrogen-bond acceptors (Lipinski definition) is 5. The average Bonchev–Trinajstić information content (AvgIpc) is 2.69. The van der Waals surface area contributed by atoms with Gasteiger partial charge in [-0.1, -0.05) is 23.7 Å². The molecule has 1 aliphatic rings. The SMILES string of the molecule is COc1ccc(OC)c2c1CN(Cc1c(Cl)ccc3cccnc13)C[C@@H]2O. The Labute approximate surface area is 163 Å². The predicted octanol–water partition coefficient (Wildman–Crippen LogP) is 3.95. The highest BCUT2D eigenvalue weighted by atomic mass is 35.5. The number of aliphatic hydroxyl groups is 1. The summed E-state index contributed by atoms with van der Waals surface area (Å²) in [7, 11) is 3.25. The maximum atomic E-state index is 10.8. The summed E-state index contributed by atoms with van der Waals surface area (Å²) in [5.74, 6) is 1.43. The molecule has 1 aliphatic heterocycles. The van der Waals surface area contributed by atoms with Crippen LogP contribution < -0.4 is 9.47 Å². The lowest BCUT2D eigenvalue weighted by atomic mass is 9.94. The van der Waals surface area contributed by atoms with Crippen LogP contribution in [0.1, 0.15) is 22.8 Å². The number of aromatic nitrogens is 1. The summed E-state index contributed by atoms with van der Waals surface area (Å²) < 4.78 is 11.0. The molecule has 6 heteroatoms. The normalized spacial score (nSPS) is 17.0. The number of nitrogens with zero attached hydrogens (tertiary/aromatic N) is 2. The third-order valence-corrected chi connectivity index (χ3v) is 5.42. The fourth-order valence-corrected chi connectivity index (χ4v) is 4.03. The second-order valence-electron chi connectivity index (χ2n) is 6.65. The Hall–Kier alpha value is -2.34. The lowest BCUT2D eigenvalue weighted by molar-refractivity contribution is 0.0845. The molecule has 2 heterocycles. The summed E-state index contributed by atoms with van der Waals surface area (Å²) in [6.07, 6.45) is 1.11. The Morgan fingerprint density at radius 2 is 1.93 bits per heavy atom. The van der Waals surface area contributed by atoms with E-state index in [1.165, 1.54) is 0 Å². The molecule has 0 radical (unpaired) electrons. The zero-order valence-electron chi connectivity index (χ0n) is 15.3.